The topological polar surface area (TPSA) is 63.8 Å². The van der Waals surface area contributed by atoms with E-state index in [1.54, 1.807) is 19.1 Å². The van der Waals surface area contributed by atoms with E-state index in [2.05, 4.69) is 15.3 Å². The lowest BCUT2D eigenvalue weighted by molar-refractivity contribution is 0.626. The lowest BCUT2D eigenvalue weighted by Gasteiger charge is -2.17. The highest BCUT2D eigenvalue weighted by Gasteiger charge is 2.11. The molecular weight excluding hydrogens is 243 g/mol. The fourth-order valence-corrected chi connectivity index (χ4v) is 1.83. The first-order valence-corrected chi connectivity index (χ1v) is 6.10. The van der Waals surface area contributed by atoms with Gasteiger partial charge < -0.3 is 11.1 Å². The molecule has 1 unspecified atom stereocenters. The van der Waals surface area contributed by atoms with Gasteiger partial charge in [0.15, 0.2) is 0 Å². The standard InChI is InChI=1S/C14H17FN4/c1-8-13(16)18-10(3)19-14(8)17-9(2)11-4-6-12(15)7-5-11/h4-7,9H,1-3H3,(H3,16,17,18,19). The molecule has 0 aliphatic carbocycles. The van der Waals surface area contributed by atoms with Crippen LogP contribution >= 0.6 is 0 Å². The fourth-order valence-electron chi connectivity index (χ4n) is 1.83. The first kappa shape index (κ1) is 13.3. The number of nitrogens with zero attached hydrogens (tertiary/aromatic N) is 2. The number of anilines is 2. The molecule has 0 radical (unpaired) electrons. The summed E-state index contributed by atoms with van der Waals surface area (Å²) in [7, 11) is 0. The summed E-state index contributed by atoms with van der Waals surface area (Å²) in [5, 5.41) is 3.27. The van der Waals surface area contributed by atoms with Crippen LogP contribution in [0.2, 0.25) is 0 Å². The van der Waals surface area contributed by atoms with Gasteiger partial charge in [0, 0.05) is 11.6 Å². The fraction of sp³-hybridized carbons (Fsp3) is 0.286. The zero-order valence-electron chi connectivity index (χ0n) is 11.2. The highest BCUT2D eigenvalue weighted by molar-refractivity contribution is 5.55. The minimum absolute atomic E-state index is 0.00741. The Morgan fingerprint density at radius 3 is 2.42 bits per heavy atom. The lowest BCUT2D eigenvalue weighted by Crippen LogP contribution is -2.12. The molecule has 0 aliphatic rings. The summed E-state index contributed by atoms with van der Waals surface area (Å²) in [5.41, 5.74) is 7.62. The molecule has 1 aromatic carbocycles. The molecule has 19 heavy (non-hydrogen) atoms. The smallest absolute Gasteiger partial charge is 0.135 e. The number of halogens is 1. The normalized spacial score (nSPS) is 12.2. The van der Waals surface area contributed by atoms with Crippen LogP contribution in [0, 0.1) is 19.7 Å². The maximum atomic E-state index is 12.9. The number of hydrogen-bond acceptors (Lipinski definition) is 4. The molecule has 3 N–H and O–H groups in total. The molecule has 2 rings (SSSR count). The van der Waals surface area contributed by atoms with E-state index in [9.17, 15) is 4.39 Å². The molecule has 0 fully saturated rings. The summed E-state index contributed by atoms with van der Waals surface area (Å²) in [6.07, 6.45) is 0. The maximum Gasteiger partial charge on any atom is 0.135 e. The molecule has 2 aromatic rings. The van der Waals surface area contributed by atoms with Crippen molar-refractivity contribution >= 4 is 11.6 Å². The Hall–Kier alpha value is -2.17. The van der Waals surface area contributed by atoms with E-state index in [-0.39, 0.29) is 11.9 Å². The Morgan fingerprint density at radius 2 is 1.79 bits per heavy atom. The average Bonchev–Trinajstić information content (AvgIpc) is 2.36. The second kappa shape index (κ2) is 5.22. The van der Waals surface area contributed by atoms with Gasteiger partial charge in [0.25, 0.3) is 0 Å². The predicted molar refractivity (Wildman–Crippen MR) is 74.4 cm³/mol. The average molecular weight is 260 g/mol. The summed E-state index contributed by atoms with van der Waals surface area (Å²) >= 11 is 0. The van der Waals surface area contributed by atoms with Gasteiger partial charge in [-0.2, -0.15) is 0 Å². The second-order valence-corrected chi connectivity index (χ2v) is 4.55. The van der Waals surface area contributed by atoms with Crippen molar-refractivity contribution in [1.29, 1.82) is 0 Å². The highest BCUT2D eigenvalue weighted by atomic mass is 19.1. The molecule has 0 saturated heterocycles. The molecule has 0 aliphatic heterocycles. The van der Waals surface area contributed by atoms with Crippen molar-refractivity contribution in [2.24, 2.45) is 0 Å². The van der Waals surface area contributed by atoms with Crippen molar-refractivity contribution in [3.8, 4) is 0 Å². The van der Waals surface area contributed by atoms with Crippen molar-refractivity contribution in [3.05, 3.63) is 47.0 Å². The number of aryl methyl sites for hydroxylation is 1. The first-order chi connectivity index (χ1) is 8.97. The van der Waals surface area contributed by atoms with Gasteiger partial charge in [-0.25, -0.2) is 14.4 Å². The summed E-state index contributed by atoms with van der Waals surface area (Å²) in [5.74, 6) is 1.56. The van der Waals surface area contributed by atoms with Gasteiger partial charge in [0.1, 0.15) is 23.3 Å². The lowest BCUT2D eigenvalue weighted by atomic mass is 10.1. The highest BCUT2D eigenvalue weighted by Crippen LogP contribution is 2.23. The monoisotopic (exact) mass is 260 g/mol. The van der Waals surface area contributed by atoms with Gasteiger partial charge in [-0.05, 0) is 38.5 Å². The quantitative estimate of drug-likeness (QED) is 0.890. The molecule has 4 nitrogen and oxygen atoms in total. The summed E-state index contributed by atoms with van der Waals surface area (Å²) in [4.78, 5) is 8.44. The Balaban J connectivity index is 2.23. The first-order valence-electron chi connectivity index (χ1n) is 6.10. The molecular formula is C14H17FN4. The van der Waals surface area contributed by atoms with Crippen LogP contribution in [0.1, 0.15) is 29.9 Å². The molecule has 0 bridgehead atoms. The third-order valence-electron chi connectivity index (χ3n) is 3.02. The maximum absolute atomic E-state index is 12.9. The van der Waals surface area contributed by atoms with Gasteiger partial charge in [0.2, 0.25) is 0 Å². The predicted octanol–water partition coefficient (Wildman–Crippen LogP) is 2.99. The third-order valence-corrected chi connectivity index (χ3v) is 3.02. The number of nitrogen functional groups attached to an aromatic ring is 1. The Bertz CT molecular complexity index is 581. The number of nitrogens with one attached hydrogen (secondary N) is 1. The number of hydrogen-bond donors (Lipinski definition) is 2. The van der Waals surface area contributed by atoms with Crippen molar-refractivity contribution in [2.75, 3.05) is 11.1 Å². The largest absolute Gasteiger partial charge is 0.383 e. The Morgan fingerprint density at radius 1 is 1.16 bits per heavy atom. The van der Waals surface area contributed by atoms with Gasteiger partial charge in [-0.15, -0.1) is 0 Å². The molecule has 100 valence electrons. The zero-order valence-corrected chi connectivity index (χ0v) is 11.2. The van der Waals surface area contributed by atoms with Crippen molar-refractivity contribution in [2.45, 2.75) is 26.8 Å². The van der Waals surface area contributed by atoms with Crippen LogP contribution in [0.15, 0.2) is 24.3 Å². The van der Waals surface area contributed by atoms with E-state index in [1.807, 2.05) is 13.8 Å². The summed E-state index contributed by atoms with van der Waals surface area (Å²) in [6, 6.07) is 6.40. The zero-order chi connectivity index (χ0) is 14.0. The van der Waals surface area contributed by atoms with E-state index in [4.69, 9.17) is 5.73 Å². The minimum atomic E-state index is -0.241. The second-order valence-electron chi connectivity index (χ2n) is 4.55. The van der Waals surface area contributed by atoms with Crippen LogP contribution in [0.5, 0.6) is 0 Å². The van der Waals surface area contributed by atoms with Crippen LogP contribution in [0.25, 0.3) is 0 Å². The van der Waals surface area contributed by atoms with Crippen molar-refractivity contribution < 1.29 is 4.39 Å². The Labute approximate surface area is 111 Å². The summed E-state index contributed by atoms with van der Waals surface area (Å²) < 4.78 is 12.9. The van der Waals surface area contributed by atoms with Crippen LogP contribution in [-0.4, -0.2) is 9.97 Å². The van der Waals surface area contributed by atoms with E-state index >= 15 is 0 Å². The van der Waals surface area contributed by atoms with Gasteiger partial charge >= 0.3 is 0 Å². The van der Waals surface area contributed by atoms with Crippen LogP contribution in [-0.2, 0) is 0 Å². The molecule has 1 aromatic heterocycles. The molecule has 5 heteroatoms. The minimum Gasteiger partial charge on any atom is -0.383 e. The van der Waals surface area contributed by atoms with Gasteiger partial charge in [-0.3, -0.25) is 0 Å². The van der Waals surface area contributed by atoms with E-state index in [0.717, 1.165) is 11.1 Å². The molecule has 1 heterocycles. The van der Waals surface area contributed by atoms with E-state index < -0.39 is 0 Å². The van der Waals surface area contributed by atoms with Crippen molar-refractivity contribution in [3.63, 3.8) is 0 Å². The van der Waals surface area contributed by atoms with Gasteiger partial charge in [-0.1, -0.05) is 12.1 Å². The van der Waals surface area contributed by atoms with Crippen LogP contribution < -0.4 is 11.1 Å². The molecule has 1 atom stereocenters. The van der Waals surface area contributed by atoms with Crippen LogP contribution in [0.4, 0.5) is 16.0 Å². The molecule has 0 spiro atoms. The number of rotatable bonds is 3. The van der Waals surface area contributed by atoms with Gasteiger partial charge in [0.05, 0.1) is 0 Å². The van der Waals surface area contributed by atoms with E-state index in [1.165, 1.54) is 12.1 Å². The number of nitrogens with two attached hydrogens (primary N) is 1. The molecule has 0 saturated carbocycles. The Kier molecular flexibility index (Phi) is 3.64. The summed E-state index contributed by atoms with van der Waals surface area (Å²) in [6.45, 7) is 5.65. The van der Waals surface area contributed by atoms with E-state index in [0.29, 0.717) is 17.5 Å². The SMILES string of the molecule is Cc1nc(N)c(C)c(NC(C)c2ccc(F)cc2)n1. The van der Waals surface area contributed by atoms with Crippen LogP contribution in [0.3, 0.4) is 0 Å². The number of aromatic nitrogens is 2. The van der Waals surface area contributed by atoms with Crippen molar-refractivity contribution in [1.82, 2.24) is 9.97 Å². The number of benzene rings is 1. The third kappa shape index (κ3) is 2.99. The molecule has 0 amide bonds.